The Balaban J connectivity index is 0.000000810. The van der Waals surface area contributed by atoms with E-state index in [-0.39, 0.29) is 51.4 Å². The van der Waals surface area contributed by atoms with Crippen LogP contribution in [0.5, 0.6) is 0 Å². The molecule has 0 radical (unpaired) electrons. The Kier molecular flexibility index (Phi) is 5.14. The van der Waals surface area contributed by atoms with E-state index in [1.165, 1.54) is 12.1 Å². The van der Waals surface area contributed by atoms with Crippen LogP contribution in [0, 0.1) is 23.2 Å². The Bertz CT molecular complexity index is 254. The molecule has 0 aromatic heterocycles. The van der Waals surface area contributed by atoms with Crippen molar-refractivity contribution in [3.8, 4) is 6.07 Å². The van der Waals surface area contributed by atoms with Gasteiger partial charge < -0.3 is 0 Å². The Hall–Kier alpha value is 0.276. The molecule has 0 atom stereocenters. The van der Waals surface area contributed by atoms with E-state index in [0.717, 1.165) is 6.07 Å². The molecular formula is C7H3FKN. The summed E-state index contributed by atoms with van der Waals surface area (Å²) in [5.41, 5.74) is 0.301. The number of nitrogens with zero attached hydrogens (tertiary/aromatic N) is 1. The van der Waals surface area contributed by atoms with Crippen LogP contribution in [0.3, 0.4) is 0 Å². The van der Waals surface area contributed by atoms with Crippen LogP contribution in [0.15, 0.2) is 18.2 Å². The molecule has 0 unspecified atom stereocenters. The van der Waals surface area contributed by atoms with Crippen LogP contribution in [-0.4, -0.2) is 0 Å². The molecule has 10 heavy (non-hydrogen) atoms. The summed E-state index contributed by atoms with van der Waals surface area (Å²) < 4.78 is 12.2. The van der Waals surface area contributed by atoms with Crippen LogP contribution in [-0.2, 0) is 0 Å². The Labute approximate surface area is 101 Å². The predicted molar refractivity (Wildman–Crippen MR) is 30.0 cm³/mol. The largest absolute Gasteiger partial charge is 1.00 e. The number of hydrogen-bond donors (Lipinski definition) is 0. The van der Waals surface area contributed by atoms with E-state index in [1.54, 1.807) is 6.07 Å². The van der Waals surface area contributed by atoms with E-state index in [4.69, 9.17) is 5.26 Å². The molecule has 0 fully saturated rings. The zero-order valence-electron chi connectivity index (χ0n) is 5.56. The van der Waals surface area contributed by atoms with Gasteiger partial charge >= 0.3 is 51.4 Å². The molecule has 1 rings (SSSR count). The van der Waals surface area contributed by atoms with Gasteiger partial charge in [-0.2, -0.15) is 12.1 Å². The van der Waals surface area contributed by atoms with Gasteiger partial charge in [-0.15, -0.1) is 12.1 Å². The first-order valence-electron chi connectivity index (χ1n) is 2.39. The molecule has 0 saturated carbocycles. The summed E-state index contributed by atoms with van der Waals surface area (Å²) in [7, 11) is 0. The molecule has 0 heterocycles. The Morgan fingerprint density at radius 1 is 1.50 bits per heavy atom. The third-order valence-corrected chi connectivity index (χ3v) is 0.883. The summed E-state index contributed by atoms with van der Waals surface area (Å²) in [6.07, 6.45) is 0. The second-order valence-corrected chi connectivity index (χ2v) is 1.55. The standard InChI is InChI=1S/C7H3FN.K/c8-7-3-1-2-6(4-7)5-9;/h2-4H;/q-1;+1. The first-order chi connectivity index (χ1) is 4.33. The number of halogens is 1. The van der Waals surface area contributed by atoms with E-state index >= 15 is 0 Å². The van der Waals surface area contributed by atoms with Crippen molar-refractivity contribution in [1.82, 2.24) is 0 Å². The summed E-state index contributed by atoms with van der Waals surface area (Å²) in [6, 6.07) is 8.06. The maximum Gasteiger partial charge on any atom is 1.00 e. The van der Waals surface area contributed by atoms with Gasteiger partial charge in [-0.25, -0.2) is 5.26 Å². The minimum absolute atomic E-state index is 0. The van der Waals surface area contributed by atoms with Crippen molar-refractivity contribution in [2.24, 2.45) is 0 Å². The fourth-order valence-corrected chi connectivity index (χ4v) is 0.507. The summed E-state index contributed by atoms with van der Waals surface area (Å²) in [5.74, 6) is -0.422. The first kappa shape index (κ1) is 10.3. The minimum atomic E-state index is -0.422. The SMILES string of the molecule is N#Cc1c[c-]cc(F)c1.[K+]. The predicted octanol–water partition coefficient (Wildman–Crippen LogP) is -1.50. The van der Waals surface area contributed by atoms with Crippen molar-refractivity contribution in [3.63, 3.8) is 0 Å². The second kappa shape index (κ2) is 5.00. The van der Waals surface area contributed by atoms with Gasteiger partial charge in [0.2, 0.25) is 0 Å². The summed E-state index contributed by atoms with van der Waals surface area (Å²) in [5, 5.41) is 8.23. The molecule has 3 heteroatoms. The number of hydrogen-bond acceptors (Lipinski definition) is 1. The summed E-state index contributed by atoms with van der Waals surface area (Å²) >= 11 is 0. The maximum atomic E-state index is 12.2. The van der Waals surface area contributed by atoms with E-state index < -0.39 is 5.82 Å². The maximum absolute atomic E-state index is 12.2. The molecule has 0 amide bonds. The van der Waals surface area contributed by atoms with Gasteiger partial charge in [-0.3, -0.25) is 4.39 Å². The average Bonchev–Trinajstić information content (AvgIpc) is 1.88. The van der Waals surface area contributed by atoms with Crippen molar-refractivity contribution >= 4 is 0 Å². The van der Waals surface area contributed by atoms with Crippen LogP contribution in [0.1, 0.15) is 5.56 Å². The van der Waals surface area contributed by atoms with Crippen LogP contribution >= 0.6 is 0 Å². The Morgan fingerprint density at radius 3 is 2.60 bits per heavy atom. The van der Waals surface area contributed by atoms with E-state index in [1.807, 2.05) is 0 Å². The van der Waals surface area contributed by atoms with E-state index in [0.29, 0.717) is 5.56 Å². The van der Waals surface area contributed by atoms with Gasteiger partial charge in [0, 0.05) is 11.9 Å². The molecule has 0 aliphatic heterocycles. The normalized spacial score (nSPS) is 7.60. The van der Waals surface area contributed by atoms with Crippen LogP contribution in [0.4, 0.5) is 4.39 Å². The summed E-state index contributed by atoms with van der Waals surface area (Å²) in [6.45, 7) is 0. The van der Waals surface area contributed by atoms with Crippen molar-refractivity contribution in [1.29, 1.82) is 5.26 Å². The van der Waals surface area contributed by atoms with Crippen LogP contribution in [0.25, 0.3) is 0 Å². The fourth-order valence-electron chi connectivity index (χ4n) is 0.507. The first-order valence-corrected chi connectivity index (χ1v) is 2.39. The Morgan fingerprint density at radius 2 is 2.20 bits per heavy atom. The molecule has 0 spiro atoms. The zero-order valence-corrected chi connectivity index (χ0v) is 8.68. The van der Waals surface area contributed by atoms with E-state index in [9.17, 15) is 4.39 Å². The van der Waals surface area contributed by atoms with Gasteiger partial charge in [-0.1, -0.05) is 5.56 Å². The van der Waals surface area contributed by atoms with Crippen molar-refractivity contribution in [2.45, 2.75) is 0 Å². The topological polar surface area (TPSA) is 23.8 Å². The van der Waals surface area contributed by atoms with Gasteiger partial charge in [0.05, 0.1) is 0 Å². The molecule has 44 valence electrons. The fraction of sp³-hybridized carbons (Fsp3) is 0. The average molecular weight is 159 g/mol. The third-order valence-electron chi connectivity index (χ3n) is 0.883. The second-order valence-electron chi connectivity index (χ2n) is 1.55. The molecule has 1 nitrogen and oxygen atoms in total. The number of benzene rings is 1. The van der Waals surface area contributed by atoms with Gasteiger partial charge in [-0.05, 0) is 0 Å². The van der Waals surface area contributed by atoms with E-state index in [2.05, 4.69) is 6.07 Å². The summed E-state index contributed by atoms with van der Waals surface area (Å²) in [4.78, 5) is 0. The molecule has 0 bridgehead atoms. The zero-order chi connectivity index (χ0) is 6.69. The smallest absolute Gasteiger partial charge is 0.284 e. The molecule has 1 aromatic rings. The number of nitriles is 1. The monoisotopic (exact) mass is 159 g/mol. The van der Waals surface area contributed by atoms with Crippen LogP contribution in [0.2, 0.25) is 0 Å². The van der Waals surface area contributed by atoms with Gasteiger partial charge in [0.25, 0.3) is 0 Å². The molecule has 1 aromatic carbocycles. The molecule has 0 N–H and O–H groups in total. The molecule has 0 aliphatic rings. The van der Waals surface area contributed by atoms with Gasteiger partial charge in [0.15, 0.2) is 0 Å². The molecular weight excluding hydrogens is 156 g/mol. The van der Waals surface area contributed by atoms with Gasteiger partial charge in [0.1, 0.15) is 0 Å². The minimum Gasteiger partial charge on any atom is -0.284 e. The van der Waals surface area contributed by atoms with Crippen molar-refractivity contribution in [3.05, 3.63) is 35.6 Å². The van der Waals surface area contributed by atoms with Crippen molar-refractivity contribution < 1.29 is 55.8 Å². The molecule has 0 aliphatic carbocycles. The number of rotatable bonds is 0. The van der Waals surface area contributed by atoms with Crippen LogP contribution < -0.4 is 51.4 Å². The quantitative estimate of drug-likeness (QED) is 0.334. The third kappa shape index (κ3) is 2.91. The molecule has 0 saturated heterocycles. The van der Waals surface area contributed by atoms with Crippen molar-refractivity contribution in [2.75, 3.05) is 0 Å².